The predicted octanol–water partition coefficient (Wildman–Crippen LogP) is 4.02. The minimum Gasteiger partial charge on any atom is -0.340 e. The number of fused-ring (bicyclic) bond motifs is 1. The largest absolute Gasteiger partial charge is 0.340 e. The molecule has 2 aromatic heterocycles. The number of benzene rings is 1. The number of pyridine rings is 1. The fourth-order valence-electron chi connectivity index (χ4n) is 2.53. The first-order chi connectivity index (χ1) is 10.1. The lowest BCUT2D eigenvalue weighted by molar-refractivity contribution is 0.804. The Hall–Kier alpha value is -2.29. The van der Waals surface area contributed by atoms with E-state index in [0.717, 1.165) is 23.1 Å². The van der Waals surface area contributed by atoms with Crippen LogP contribution < -0.4 is 5.56 Å². The monoisotopic (exact) mass is 282 g/mol. The Morgan fingerprint density at radius 1 is 1.10 bits per heavy atom. The number of hydrogen-bond acceptors (Lipinski definition) is 1. The molecule has 3 aromatic rings. The van der Waals surface area contributed by atoms with Crippen LogP contribution in [-0.2, 0) is 6.54 Å². The molecule has 0 saturated carbocycles. The number of aromatic amines is 1. The van der Waals surface area contributed by atoms with E-state index in [1.165, 1.54) is 11.1 Å². The molecule has 3 heteroatoms. The van der Waals surface area contributed by atoms with Gasteiger partial charge in [-0.1, -0.05) is 43.7 Å². The molecule has 2 heterocycles. The third kappa shape index (κ3) is 3.07. The molecule has 21 heavy (non-hydrogen) atoms. The SMILES string of the molecule is CC.Cc1cccc(Cn2c(C)cc3c(=O)[nH]ccc32)c1. The van der Waals surface area contributed by atoms with Crippen molar-refractivity contribution in [2.45, 2.75) is 34.2 Å². The van der Waals surface area contributed by atoms with Gasteiger partial charge in [-0.2, -0.15) is 0 Å². The second-order valence-corrected chi connectivity index (χ2v) is 4.97. The van der Waals surface area contributed by atoms with Crippen LogP contribution in [0, 0.1) is 13.8 Å². The highest BCUT2D eigenvalue weighted by Crippen LogP contribution is 2.18. The number of aryl methyl sites for hydroxylation is 2. The molecule has 3 rings (SSSR count). The standard InChI is InChI=1S/C16H16N2O.C2H6/c1-11-4-3-5-13(8-11)10-18-12(2)9-14-15(18)6-7-17-16(14)19;1-2/h3-9H,10H2,1-2H3,(H,17,19);1-2H3. The number of rotatable bonds is 2. The van der Waals surface area contributed by atoms with Gasteiger partial charge in [0.05, 0.1) is 10.9 Å². The number of nitrogens with one attached hydrogen (secondary N) is 1. The molecule has 0 amide bonds. The van der Waals surface area contributed by atoms with Gasteiger partial charge in [0.25, 0.3) is 5.56 Å². The Bertz CT molecular complexity index is 796. The van der Waals surface area contributed by atoms with Crippen molar-refractivity contribution in [2.75, 3.05) is 0 Å². The van der Waals surface area contributed by atoms with Crippen LogP contribution in [0.25, 0.3) is 10.9 Å². The maximum Gasteiger partial charge on any atom is 0.257 e. The summed E-state index contributed by atoms with van der Waals surface area (Å²) in [4.78, 5) is 14.5. The van der Waals surface area contributed by atoms with Gasteiger partial charge >= 0.3 is 0 Å². The first kappa shape index (κ1) is 15.1. The number of nitrogens with zero attached hydrogens (tertiary/aromatic N) is 1. The third-order valence-corrected chi connectivity index (χ3v) is 3.47. The summed E-state index contributed by atoms with van der Waals surface area (Å²) < 4.78 is 2.18. The lowest BCUT2D eigenvalue weighted by Crippen LogP contribution is -2.05. The lowest BCUT2D eigenvalue weighted by Gasteiger charge is -2.09. The van der Waals surface area contributed by atoms with E-state index < -0.39 is 0 Å². The Morgan fingerprint density at radius 2 is 1.86 bits per heavy atom. The highest BCUT2D eigenvalue weighted by Gasteiger charge is 2.08. The summed E-state index contributed by atoms with van der Waals surface area (Å²) in [5, 5.41) is 0.757. The molecule has 0 spiro atoms. The van der Waals surface area contributed by atoms with Crippen molar-refractivity contribution in [3.63, 3.8) is 0 Å². The molecule has 0 aliphatic heterocycles. The van der Waals surface area contributed by atoms with Crippen molar-refractivity contribution < 1.29 is 0 Å². The molecule has 1 N–H and O–H groups in total. The van der Waals surface area contributed by atoms with Gasteiger partial charge in [0.2, 0.25) is 0 Å². The average molecular weight is 282 g/mol. The van der Waals surface area contributed by atoms with E-state index in [2.05, 4.69) is 40.7 Å². The van der Waals surface area contributed by atoms with E-state index in [0.29, 0.717) is 0 Å². The van der Waals surface area contributed by atoms with E-state index in [4.69, 9.17) is 0 Å². The number of hydrogen-bond donors (Lipinski definition) is 1. The van der Waals surface area contributed by atoms with Crippen LogP contribution in [0.5, 0.6) is 0 Å². The van der Waals surface area contributed by atoms with Gasteiger partial charge in [-0.15, -0.1) is 0 Å². The molecule has 0 aliphatic rings. The summed E-state index contributed by atoms with van der Waals surface area (Å²) in [6.07, 6.45) is 1.71. The smallest absolute Gasteiger partial charge is 0.257 e. The number of aromatic nitrogens is 2. The van der Waals surface area contributed by atoms with Gasteiger partial charge in [0, 0.05) is 18.4 Å². The van der Waals surface area contributed by atoms with Crippen molar-refractivity contribution in [3.05, 3.63) is 69.8 Å². The van der Waals surface area contributed by atoms with Crippen LogP contribution in [-0.4, -0.2) is 9.55 Å². The van der Waals surface area contributed by atoms with E-state index in [9.17, 15) is 4.79 Å². The van der Waals surface area contributed by atoms with Crippen molar-refractivity contribution in [1.82, 2.24) is 9.55 Å². The molecule has 3 nitrogen and oxygen atoms in total. The zero-order valence-electron chi connectivity index (χ0n) is 13.1. The third-order valence-electron chi connectivity index (χ3n) is 3.47. The van der Waals surface area contributed by atoms with Crippen LogP contribution in [0.2, 0.25) is 0 Å². The molecule has 0 saturated heterocycles. The number of H-pyrrole nitrogens is 1. The Morgan fingerprint density at radius 3 is 2.57 bits per heavy atom. The van der Waals surface area contributed by atoms with Gasteiger partial charge in [-0.05, 0) is 31.5 Å². The zero-order chi connectivity index (χ0) is 15.4. The summed E-state index contributed by atoms with van der Waals surface area (Å²) in [7, 11) is 0. The summed E-state index contributed by atoms with van der Waals surface area (Å²) in [5.41, 5.74) is 4.57. The second kappa shape index (κ2) is 6.44. The fourth-order valence-corrected chi connectivity index (χ4v) is 2.53. The minimum atomic E-state index is -0.0245. The Labute approximate surface area is 125 Å². The molecular weight excluding hydrogens is 260 g/mol. The van der Waals surface area contributed by atoms with Crippen LogP contribution in [0.3, 0.4) is 0 Å². The molecule has 0 atom stereocenters. The van der Waals surface area contributed by atoms with Gasteiger partial charge in [-0.3, -0.25) is 4.79 Å². The molecular formula is C18H22N2O. The van der Waals surface area contributed by atoms with Crippen molar-refractivity contribution in [1.29, 1.82) is 0 Å². The Balaban J connectivity index is 0.000000774. The molecule has 0 bridgehead atoms. The molecule has 0 fully saturated rings. The summed E-state index contributed by atoms with van der Waals surface area (Å²) in [6.45, 7) is 8.92. The van der Waals surface area contributed by atoms with E-state index in [-0.39, 0.29) is 5.56 Å². The highest BCUT2D eigenvalue weighted by molar-refractivity contribution is 5.80. The topological polar surface area (TPSA) is 37.8 Å². The van der Waals surface area contributed by atoms with Gasteiger partial charge in [-0.25, -0.2) is 0 Å². The van der Waals surface area contributed by atoms with Gasteiger partial charge in [0.15, 0.2) is 0 Å². The zero-order valence-corrected chi connectivity index (χ0v) is 13.1. The van der Waals surface area contributed by atoms with Crippen molar-refractivity contribution in [3.8, 4) is 0 Å². The summed E-state index contributed by atoms with van der Waals surface area (Å²) >= 11 is 0. The predicted molar refractivity (Wildman–Crippen MR) is 88.9 cm³/mol. The normalized spacial score (nSPS) is 10.3. The van der Waals surface area contributed by atoms with Crippen LogP contribution >= 0.6 is 0 Å². The van der Waals surface area contributed by atoms with Crippen LogP contribution in [0.15, 0.2) is 47.4 Å². The lowest BCUT2D eigenvalue weighted by atomic mass is 10.1. The maximum absolute atomic E-state index is 11.8. The van der Waals surface area contributed by atoms with Gasteiger partial charge in [0.1, 0.15) is 0 Å². The first-order valence-corrected chi connectivity index (χ1v) is 7.38. The van der Waals surface area contributed by atoms with Crippen molar-refractivity contribution in [2.24, 2.45) is 0 Å². The maximum atomic E-state index is 11.8. The van der Waals surface area contributed by atoms with E-state index in [1.807, 2.05) is 32.9 Å². The molecule has 110 valence electrons. The first-order valence-electron chi connectivity index (χ1n) is 7.38. The van der Waals surface area contributed by atoms with Crippen LogP contribution in [0.1, 0.15) is 30.7 Å². The second-order valence-electron chi connectivity index (χ2n) is 4.97. The highest BCUT2D eigenvalue weighted by atomic mass is 16.1. The van der Waals surface area contributed by atoms with E-state index in [1.54, 1.807) is 6.20 Å². The van der Waals surface area contributed by atoms with Crippen LogP contribution in [0.4, 0.5) is 0 Å². The molecule has 1 aromatic carbocycles. The minimum absolute atomic E-state index is 0.0245. The van der Waals surface area contributed by atoms with Gasteiger partial charge < -0.3 is 9.55 Å². The molecule has 0 unspecified atom stereocenters. The molecule has 0 aliphatic carbocycles. The Kier molecular flexibility index (Phi) is 4.63. The average Bonchev–Trinajstić information content (AvgIpc) is 2.80. The fraction of sp³-hybridized carbons (Fsp3) is 0.278. The quantitative estimate of drug-likeness (QED) is 0.757. The summed E-state index contributed by atoms with van der Waals surface area (Å²) in [5.74, 6) is 0. The summed E-state index contributed by atoms with van der Waals surface area (Å²) in [6, 6.07) is 12.4. The van der Waals surface area contributed by atoms with E-state index >= 15 is 0 Å². The molecule has 0 radical (unpaired) electrons. The van der Waals surface area contributed by atoms with Crippen molar-refractivity contribution >= 4 is 10.9 Å².